The van der Waals surface area contributed by atoms with Crippen LogP contribution in [0.15, 0.2) is 90.0 Å². The Hall–Kier alpha value is -4.52. The summed E-state index contributed by atoms with van der Waals surface area (Å²) in [7, 11) is -4.06. The number of urea groups is 1. The Balaban J connectivity index is 1.23. The highest BCUT2D eigenvalue weighted by molar-refractivity contribution is 7.89. The third kappa shape index (κ3) is 9.43. The molecule has 3 amide bonds. The summed E-state index contributed by atoms with van der Waals surface area (Å²) in [6, 6.07) is 22.9. The Labute approximate surface area is 301 Å². The average Bonchev–Trinajstić information content (AvgIpc) is 3.45. The molecule has 1 aliphatic heterocycles. The molecule has 3 atom stereocenters. The van der Waals surface area contributed by atoms with Crippen LogP contribution in [0.2, 0.25) is 0 Å². The van der Waals surface area contributed by atoms with E-state index < -0.39 is 28.1 Å². The van der Waals surface area contributed by atoms with Crippen molar-refractivity contribution in [2.45, 2.75) is 64.1 Å². The molecule has 0 spiro atoms. The van der Waals surface area contributed by atoms with Gasteiger partial charge in [-0.1, -0.05) is 69.3 Å². The zero-order valence-electron chi connectivity index (χ0n) is 29.8. The van der Waals surface area contributed by atoms with Crippen LogP contribution in [-0.2, 0) is 27.8 Å². The van der Waals surface area contributed by atoms with Crippen molar-refractivity contribution >= 4 is 32.9 Å². The number of nitrogens with one attached hydrogen (secondary N) is 1. The predicted octanol–water partition coefficient (Wildman–Crippen LogP) is 4.95. The number of hydrogen-bond acceptors (Lipinski definition) is 7. The summed E-state index contributed by atoms with van der Waals surface area (Å²) in [5.41, 5.74) is 3.35. The molecule has 272 valence electrons. The summed E-state index contributed by atoms with van der Waals surface area (Å²) in [6.07, 6.45) is 2.05. The van der Waals surface area contributed by atoms with Gasteiger partial charge < -0.3 is 25.3 Å². The first-order chi connectivity index (χ1) is 24.3. The van der Waals surface area contributed by atoms with Crippen molar-refractivity contribution in [2.75, 3.05) is 32.7 Å². The van der Waals surface area contributed by atoms with Crippen LogP contribution in [0.3, 0.4) is 0 Å². The number of aliphatic hydroxyl groups excluding tert-OH is 1. The maximum Gasteiger partial charge on any atom is 0.321 e. The first kappa shape index (κ1) is 37.7. The molecule has 2 heterocycles. The fourth-order valence-electron chi connectivity index (χ4n) is 6.56. The highest BCUT2D eigenvalue weighted by Gasteiger charge is 2.39. The smallest absolute Gasteiger partial charge is 0.321 e. The van der Waals surface area contributed by atoms with Crippen molar-refractivity contribution in [3.05, 3.63) is 102 Å². The summed E-state index contributed by atoms with van der Waals surface area (Å²) < 4.78 is 29.1. The highest BCUT2D eigenvalue weighted by Crippen LogP contribution is 2.25. The fourth-order valence-corrected chi connectivity index (χ4v) is 8.24. The molecule has 1 saturated heterocycles. The van der Waals surface area contributed by atoms with Gasteiger partial charge in [-0.3, -0.25) is 9.78 Å². The average molecular weight is 716 g/mol. The quantitative estimate of drug-likeness (QED) is 0.149. The van der Waals surface area contributed by atoms with Gasteiger partial charge in [-0.25, -0.2) is 13.2 Å². The topological polar surface area (TPSA) is 143 Å². The molecule has 1 fully saturated rings. The van der Waals surface area contributed by atoms with Gasteiger partial charge in [-0.05, 0) is 78.6 Å². The molecule has 4 aromatic rings. The molecule has 51 heavy (non-hydrogen) atoms. The number of carbonyl (C=O) groups excluding carboxylic acids is 2. The highest BCUT2D eigenvalue weighted by atomic mass is 32.2. The SMILES string of the molecule is Cc1cc(S(=O)(=O)N(CC(C)CCc2ccccc2)C[C@H](O)CNC(=O)[C@H](C(C)C)N2CCN(Cc3cnc4ccccc4c3)C2=O)ccc1O. The first-order valence-electron chi connectivity index (χ1n) is 17.5. The lowest BCUT2D eigenvalue weighted by Gasteiger charge is -2.31. The zero-order chi connectivity index (χ0) is 36.7. The van der Waals surface area contributed by atoms with Crippen molar-refractivity contribution in [3.8, 4) is 5.75 Å². The number of aliphatic hydroxyl groups is 1. The van der Waals surface area contributed by atoms with Crippen LogP contribution in [0.5, 0.6) is 5.75 Å². The minimum absolute atomic E-state index is 0.00974. The largest absolute Gasteiger partial charge is 0.508 e. The van der Waals surface area contributed by atoms with Crippen molar-refractivity contribution < 1.29 is 28.2 Å². The predicted molar refractivity (Wildman–Crippen MR) is 197 cm³/mol. The van der Waals surface area contributed by atoms with Crippen molar-refractivity contribution in [1.29, 1.82) is 0 Å². The molecule has 12 heteroatoms. The molecule has 0 saturated carbocycles. The van der Waals surface area contributed by atoms with Crippen LogP contribution in [0.4, 0.5) is 4.79 Å². The first-order valence-corrected chi connectivity index (χ1v) is 19.0. The molecular formula is C39H49N5O6S. The lowest BCUT2D eigenvalue weighted by atomic mass is 10.0. The summed E-state index contributed by atoms with van der Waals surface area (Å²) in [5.74, 6) is -0.677. The van der Waals surface area contributed by atoms with Gasteiger partial charge in [0, 0.05) is 50.9 Å². The number of rotatable bonds is 16. The van der Waals surface area contributed by atoms with Gasteiger partial charge in [-0.2, -0.15) is 4.31 Å². The molecule has 3 aromatic carbocycles. The summed E-state index contributed by atoms with van der Waals surface area (Å²) in [5, 5.41) is 25.0. The number of phenols is 1. The molecular weight excluding hydrogens is 667 g/mol. The van der Waals surface area contributed by atoms with E-state index in [4.69, 9.17) is 0 Å². The van der Waals surface area contributed by atoms with E-state index in [0.29, 0.717) is 25.2 Å². The normalized spacial score (nSPS) is 15.5. The van der Waals surface area contributed by atoms with E-state index in [1.165, 1.54) is 22.5 Å². The molecule has 1 unspecified atom stereocenters. The third-order valence-corrected chi connectivity index (χ3v) is 11.2. The molecule has 0 radical (unpaired) electrons. The maximum atomic E-state index is 13.9. The monoisotopic (exact) mass is 715 g/mol. The van der Waals surface area contributed by atoms with E-state index in [9.17, 15) is 28.2 Å². The van der Waals surface area contributed by atoms with Crippen molar-refractivity contribution in [3.63, 3.8) is 0 Å². The number of aromatic nitrogens is 1. The number of fused-ring (bicyclic) bond motifs is 1. The van der Waals surface area contributed by atoms with Crippen LogP contribution in [0.1, 0.15) is 43.9 Å². The van der Waals surface area contributed by atoms with Crippen molar-refractivity contribution in [1.82, 2.24) is 24.4 Å². The Morgan fingerprint density at radius 3 is 2.41 bits per heavy atom. The Morgan fingerprint density at radius 2 is 1.69 bits per heavy atom. The Kier molecular flexibility index (Phi) is 12.3. The number of pyridine rings is 1. The molecule has 0 bridgehead atoms. The maximum absolute atomic E-state index is 13.9. The number of aromatic hydroxyl groups is 1. The lowest BCUT2D eigenvalue weighted by Crippen LogP contribution is -2.53. The van der Waals surface area contributed by atoms with E-state index in [1.807, 2.05) is 81.4 Å². The number of carbonyl (C=O) groups is 2. The lowest BCUT2D eigenvalue weighted by molar-refractivity contribution is -0.127. The van der Waals surface area contributed by atoms with Crippen LogP contribution in [0.25, 0.3) is 10.9 Å². The van der Waals surface area contributed by atoms with E-state index in [0.717, 1.165) is 34.9 Å². The van der Waals surface area contributed by atoms with Crippen LogP contribution in [-0.4, -0.2) is 94.5 Å². The summed E-state index contributed by atoms with van der Waals surface area (Å²) >= 11 is 0. The van der Waals surface area contributed by atoms with Gasteiger partial charge in [0.05, 0.1) is 16.5 Å². The molecule has 0 aliphatic carbocycles. The summed E-state index contributed by atoms with van der Waals surface area (Å²) in [4.78, 5) is 35.0. The van der Waals surface area contributed by atoms with Gasteiger partial charge in [0.1, 0.15) is 11.8 Å². The Bertz CT molecular complexity index is 1920. The molecule has 11 nitrogen and oxygen atoms in total. The van der Waals surface area contributed by atoms with Crippen LogP contribution < -0.4 is 5.32 Å². The number of para-hydroxylation sites is 1. The van der Waals surface area contributed by atoms with Crippen molar-refractivity contribution in [2.24, 2.45) is 11.8 Å². The second-order valence-electron chi connectivity index (χ2n) is 13.9. The number of nitrogens with zero attached hydrogens (tertiary/aromatic N) is 4. The number of sulfonamides is 1. The number of amides is 3. The van der Waals surface area contributed by atoms with Gasteiger partial charge in [0.25, 0.3) is 0 Å². The molecule has 3 N–H and O–H groups in total. The van der Waals surface area contributed by atoms with Crippen LogP contribution in [0, 0.1) is 18.8 Å². The second-order valence-corrected chi connectivity index (χ2v) is 15.9. The van der Waals surface area contributed by atoms with E-state index in [-0.39, 0.29) is 48.1 Å². The number of benzene rings is 3. The van der Waals surface area contributed by atoms with E-state index in [2.05, 4.69) is 10.3 Å². The zero-order valence-corrected chi connectivity index (χ0v) is 30.6. The van der Waals surface area contributed by atoms with Gasteiger partial charge in [0.2, 0.25) is 15.9 Å². The minimum Gasteiger partial charge on any atom is -0.508 e. The third-order valence-electron chi connectivity index (χ3n) is 9.40. The van der Waals surface area contributed by atoms with E-state index in [1.54, 1.807) is 22.9 Å². The molecule has 1 aliphatic rings. The molecule has 1 aromatic heterocycles. The fraction of sp³-hybridized carbons (Fsp3) is 0.410. The number of phenolic OH excluding ortho intramolecular Hbond substituents is 1. The number of hydrogen-bond donors (Lipinski definition) is 3. The van der Waals surface area contributed by atoms with Crippen LogP contribution >= 0.6 is 0 Å². The summed E-state index contributed by atoms with van der Waals surface area (Å²) in [6.45, 7) is 8.24. The second kappa shape index (κ2) is 16.7. The number of aryl methyl sites for hydroxylation is 2. The van der Waals surface area contributed by atoms with E-state index >= 15 is 0 Å². The standard InChI is InChI=1S/C39H49N5O6S/c1-27(2)37(44-19-18-42(39(44)48)25-31-21-32-12-8-9-13-35(32)40-22-31)38(47)41-23-33(45)26-43(24-28(3)14-15-30-10-6-5-7-11-30)51(49,50)34-16-17-36(46)29(4)20-34/h5-13,16-17,20-22,27-28,33,37,45-46H,14-15,18-19,23-26H2,1-4H3,(H,41,47)/t28?,33-,37+/m1/s1. The molecule has 5 rings (SSSR count). The van der Waals surface area contributed by atoms with Gasteiger partial charge in [-0.15, -0.1) is 0 Å². The van der Waals surface area contributed by atoms with Gasteiger partial charge >= 0.3 is 6.03 Å². The Morgan fingerprint density at radius 1 is 0.961 bits per heavy atom. The minimum atomic E-state index is -4.06. The van der Waals surface area contributed by atoms with Gasteiger partial charge in [0.15, 0.2) is 0 Å².